The van der Waals surface area contributed by atoms with Crippen molar-refractivity contribution < 1.29 is 9.13 Å². The summed E-state index contributed by atoms with van der Waals surface area (Å²) in [7, 11) is 0. The molecule has 2 N–H and O–H groups in total. The predicted octanol–water partition coefficient (Wildman–Crippen LogP) is 2.78. The molecule has 0 saturated heterocycles. The highest BCUT2D eigenvalue weighted by molar-refractivity contribution is 5.34. The Morgan fingerprint density at radius 3 is 2.88 bits per heavy atom. The van der Waals surface area contributed by atoms with E-state index in [2.05, 4.69) is 4.98 Å². The number of halogens is 1. The van der Waals surface area contributed by atoms with Crippen molar-refractivity contribution in [3.05, 3.63) is 53.5 Å². The minimum atomic E-state index is -0.252. The zero-order valence-electron chi connectivity index (χ0n) is 9.48. The van der Waals surface area contributed by atoms with Crippen LogP contribution in [0.3, 0.4) is 0 Å². The van der Waals surface area contributed by atoms with Gasteiger partial charge in [0.15, 0.2) is 0 Å². The molecule has 3 nitrogen and oxygen atoms in total. The van der Waals surface area contributed by atoms with Crippen LogP contribution in [-0.2, 0) is 6.54 Å². The fourth-order valence-corrected chi connectivity index (χ4v) is 1.46. The van der Waals surface area contributed by atoms with Crippen molar-refractivity contribution in [1.29, 1.82) is 0 Å². The van der Waals surface area contributed by atoms with E-state index in [1.807, 2.05) is 6.07 Å². The first-order valence-electron chi connectivity index (χ1n) is 5.28. The molecule has 0 radical (unpaired) electrons. The lowest BCUT2D eigenvalue weighted by atomic mass is 10.2. The lowest BCUT2D eigenvalue weighted by Gasteiger charge is -2.09. The molecule has 0 aliphatic carbocycles. The second kappa shape index (κ2) is 4.93. The maximum absolute atomic E-state index is 13.1. The molecule has 17 heavy (non-hydrogen) atoms. The largest absolute Gasteiger partial charge is 0.439 e. The van der Waals surface area contributed by atoms with Gasteiger partial charge in [-0.1, -0.05) is 6.07 Å². The highest BCUT2D eigenvalue weighted by atomic mass is 19.1. The average molecular weight is 232 g/mol. The monoisotopic (exact) mass is 232 g/mol. The Morgan fingerprint density at radius 1 is 1.35 bits per heavy atom. The standard InChI is InChI=1S/C13H13FN2O/c1-9-7-11(4-5-12(9)14)17-13-10(8-15)3-2-6-16-13/h2-7H,8,15H2,1H3. The van der Waals surface area contributed by atoms with E-state index < -0.39 is 0 Å². The molecule has 2 aromatic rings. The van der Waals surface area contributed by atoms with E-state index in [9.17, 15) is 4.39 Å². The highest BCUT2D eigenvalue weighted by Crippen LogP contribution is 2.24. The fraction of sp³-hybridized carbons (Fsp3) is 0.154. The van der Waals surface area contributed by atoms with Crippen LogP contribution in [0.4, 0.5) is 4.39 Å². The number of aromatic nitrogens is 1. The van der Waals surface area contributed by atoms with Crippen molar-refractivity contribution >= 4 is 0 Å². The van der Waals surface area contributed by atoms with Crippen molar-refractivity contribution in [2.75, 3.05) is 0 Å². The number of ether oxygens (including phenoxy) is 1. The average Bonchev–Trinajstić information content (AvgIpc) is 2.34. The van der Waals surface area contributed by atoms with Gasteiger partial charge in [0, 0.05) is 18.3 Å². The van der Waals surface area contributed by atoms with Gasteiger partial charge in [-0.2, -0.15) is 0 Å². The first-order chi connectivity index (χ1) is 8.20. The van der Waals surface area contributed by atoms with Crippen LogP contribution in [-0.4, -0.2) is 4.98 Å². The summed E-state index contributed by atoms with van der Waals surface area (Å²) >= 11 is 0. The number of pyridine rings is 1. The summed E-state index contributed by atoms with van der Waals surface area (Å²) in [6, 6.07) is 8.21. The van der Waals surface area contributed by atoms with Crippen LogP contribution >= 0.6 is 0 Å². The van der Waals surface area contributed by atoms with Gasteiger partial charge in [0.25, 0.3) is 0 Å². The third kappa shape index (κ3) is 2.60. The molecule has 0 amide bonds. The van der Waals surface area contributed by atoms with Gasteiger partial charge >= 0.3 is 0 Å². The van der Waals surface area contributed by atoms with E-state index in [4.69, 9.17) is 10.5 Å². The van der Waals surface area contributed by atoms with Crippen LogP contribution in [0.5, 0.6) is 11.6 Å². The van der Waals surface area contributed by atoms with Gasteiger partial charge in [-0.05, 0) is 36.8 Å². The van der Waals surface area contributed by atoms with E-state index in [1.165, 1.54) is 6.07 Å². The van der Waals surface area contributed by atoms with Gasteiger partial charge in [-0.3, -0.25) is 0 Å². The van der Waals surface area contributed by atoms with Crippen molar-refractivity contribution in [3.63, 3.8) is 0 Å². The summed E-state index contributed by atoms with van der Waals surface area (Å²) in [5.74, 6) is 0.760. The highest BCUT2D eigenvalue weighted by Gasteiger charge is 2.05. The van der Waals surface area contributed by atoms with Gasteiger partial charge in [-0.25, -0.2) is 9.37 Å². The Kier molecular flexibility index (Phi) is 3.35. The summed E-state index contributed by atoms with van der Waals surface area (Å²) in [6.45, 7) is 2.04. The van der Waals surface area contributed by atoms with Crippen LogP contribution in [0.1, 0.15) is 11.1 Å². The van der Waals surface area contributed by atoms with E-state index in [0.717, 1.165) is 5.56 Å². The minimum absolute atomic E-state index is 0.252. The smallest absolute Gasteiger partial charge is 0.223 e. The molecule has 0 saturated carbocycles. The second-order valence-corrected chi connectivity index (χ2v) is 3.68. The van der Waals surface area contributed by atoms with Gasteiger partial charge in [0.05, 0.1) is 0 Å². The third-order valence-corrected chi connectivity index (χ3v) is 2.41. The molecule has 88 valence electrons. The van der Waals surface area contributed by atoms with Crippen LogP contribution in [0.15, 0.2) is 36.5 Å². The van der Waals surface area contributed by atoms with Gasteiger partial charge < -0.3 is 10.5 Å². The van der Waals surface area contributed by atoms with Crippen molar-refractivity contribution in [3.8, 4) is 11.6 Å². The zero-order chi connectivity index (χ0) is 12.3. The quantitative estimate of drug-likeness (QED) is 0.885. The summed E-state index contributed by atoms with van der Waals surface area (Å²) in [4.78, 5) is 4.10. The van der Waals surface area contributed by atoms with Crippen LogP contribution < -0.4 is 10.5 Å². The molecule has 0 aliphatic heterocycles. The maximum atomic E-state index is 13.1. The first kappa shape index (κ1) is 11.5. The van der Waals surface area contributed by atoms with E-state index in [-0.39, 0.29) is 5.82 Å². The fourth-order valence-electron chi connectivity index (χ4n) is 1.46. The number of benzene rings is 1. The van der Waals surface area contributed by atoms with Crippen molar-refractivity contribution in [2.45, 2.75) is 13.5 Å². The number of hydrogen-bond acceptors (Lipinski definition) is 3. The van der Waals surface area contributed by atoms with Gasteiger partial charge in [-0.15, -0.1) is 0 Å². The number of hydrogen-bond donors (Lipinski definition) is 1. The third-order valence-electron chi connectivity index (χ3n) is 2.41. The summed E-state index contributed by atoms with van der Waals surface area (Å²) in [6.07, 6.45) is 1.63. The predicted molar refractivity (Wildman–Crippen MR) is 63.3 cm³/mol. The molecule has 2 rings (SSSR count). The molecular formula is C13H13FN2O. The number of rotatable bonds is 3. The van der Waals surface area contributed by atoms with Crippen LogP contribution in [0.25, 0.3) is 0 Å². The second-order valence-electron chi connectivity index (χ2n) is 3.68. The normalized spacial score (nSPS) is 10.3. The van der Waals surface area contributed by atoms with Crippen molar-refractivity contribution in [1.82, 2.24) is 4.98 Å². The SMILES string of the molecule is Cc1cc(Oc2ncccc2CN)ccc1F. The Morgan fingerprint density at radius 2 is 2.18 bits per heavy atom. The van der Waals surface area contributed by atoms with Crippen molar-refractivity contribution in [2.24, 2.45) is 5.73 Å². The molecule has 0 spiro atoms. The lowest BCUT2D eigenvalue weighted by molar-refractivity contribution is 0.454. The Labute approximate surface area is 99.1 Å². The van der Waals surface area contributed by atoms with Crippen LogP contribution in [0, 0.1) is 12.7 Å². The Balaban J connectivity index is 2.28. The molecule has 1 aromatic heterocycles. The minimum Gasteiger partial charge on any atom is -0.439 e. The molecular weight excluding hydrogens is 219 g/mol. The molecule has 1 heterocycles. The first-order valence-corrected chi connectivity index (χ1v) is 5.28. The summed E-state index contributed by atoms with van der Waals surface area (Å²) in [5.41, 5.74) is 6.93. The molecule has 0 aliphatic rings. The number of nitrogens with zero attached hydrogens (tertiary/aromatic N) is 1. The molecule has 0 bridgehead atoms. The van der Waals surface area contributed by atoms with E-state index in [0.29, 0.717) is 23.7 Å². The van der Waals surface area contributed by atoms with E-state index >= 15 is 0 Å². The molecule has 1 aromatic carbocycles. The lowest BCUT2D eigenvalue weighted by Crippen LogP contribution is -2.01. The molecule has 4 heteroatoms. The summed E-state index contributed by atoms with van der Waals surface area (Å²) < 4.78 is 18.7. The number of aryl methyl sites for hydroxylation is 1. The zero-order valence-corrected chi connectivity index (χ0v) is 9.48. The molecule has 0 fully saturated rings. The molecule has 0 atom stereocenters. The molecule has 0 unspecified atom stereocenters. The van der Waals surface area contributed by atoms with E-state index in [1.54, 1.807) is 31.3 Å². The Hall–Kier alpha value is -1.94. The maximum Gasteiger partial charge on any atom is 0.223 e. The summed E-state index contributed by atoms with van der Waals surface area (Å²) in [5, 5.41) is 0. The van der Waals surface area contributed by atoms with Gasteiger partial charge in [0.1, 0.15) is 11.6 Å². The number of nitrogens with two attached hydrogens (primary N) is 1. The Bertz CT molecular complexity index is 529. The van der Waals surface area contributed by atoms with Gasteiger partial charge in [0.2, 0.25) is 5.88 Å². The topological polar surface area (TPSA) is 48.1 Å². The van der Waals surface area contributed by atoms with Crippen LogP contribution in [0.2, 0.25) is 0 Å².